The smallest absolute Gasteiger partial charge is 0.330 e. The van der Waals surface area contributed by atoms with Gasteiger partial charge >= 0.3 is 5.97 Å². The standard InChI is InChI=1S/C19H22N2O4/c1-12(2)17(21-10-9-13(3)11-15(21)22)18(23)20-16(19(24)25)14-7-5-4-6-8-14/h4-12,16-17H,1-3H3,(H,20,23)(H,24,25). The molecule has 2 N–H and O–H groups in total. The summed E-state index contributed by atoms with van der Waals surface area (Å²) in [6, 6.07) is 9.71. The molecule has 132 valence electrons. The Morgan fingerprint density at radius 1 is 1.12 bits per heavy atom. The summed E-state index contributed by atoms with van der Waals surface area (Å²) in [5.74, 6) is -1.85. The summed E-state index contributed by atoms with van der Waals surface area (Å²) in [4.78, 5) is 36.6. The third-order valence-corrected chi connectivity index (χ3v) is 3.97. The van der Waals surface area contributed by atoms with Crippen LogP contribution in [0.4, 0.5) is 0 Å². The molecule has 0 bridgehead atoms. The molecule has 0 saturated heterocycles. The van der Waals surface area contributed by atoms with E-state index in [0.717, 1.165) is 5.56 Å². The van der Waals surface area contributed by atoms with Crippen molar-refractivity contribution in [1.82, 2.24) is 9.88 Å². The van der Waals surface area contributed by atoms with E-state index in [9.17, 15) is 19.5 Å². The van der Waals surface area contributed by atoms with Crippen LogP contribution in [0.5, 0.6) is 0 Å². The minimum Gasteiger partial charge on any atom is -0.479 e. The lowest BCUT2D eigenvalue weighted by molar-refractivity contribution is -0.142. The van der Waals surface area contributed by atoms with Crippen LogP contribution in [-0.2, 0) is 9.59 Å². The number of nitrogens with zero attached hydrogens (tertiary/aromatic N) is 1. The third-order valence-electron chi connectivity index (χ3n) is 3.97. The molecule has 0 saturated carbocycles. The number of rotatable bonds is 6. The van der Waals surface area contributed by atoms with Crippen LogP contribution < -0.4 is 10.9 Å². The number of carboxylic acids is 1. The van der Waals surface area contributed by atoms with Crippen molar-refractivity contribution in [3.05, 3.63) is 70.1 Å². The summed E-state index contributed by atoms with van der Waals surface area (Å²) in [6.07, 6.45) is 1.57. The number of aliphatic carboxylic acids is 1. The van der Waals surface area contributed by atoms with E-state index in [2.05, 4.69) is 5.32 Å². The van der Waals surface area contributed by atoms with E-state index in [4.69, 9.17) is 0 Å². The molecule has 0 aliphatic rings. The average Bonchev–Trinajstić information content (AvgIpc) is 2.55. The van der Waals surface area contributed by atoms with Crippen LogP contribution >= 0.6 is 0 Å². The van der Waals surface area contributed by atoms with Crippen LogP contribution in [0.15, 0.2) is 53.5 Å². The maximum atomic E-state index is 12.8. The topological polar surface area (TPSA) is 88.4 Å². The molecule has 2 aromatic rings. The number of amides is 1. The van der Waals surface area contributed by atoms with Gasteiger partial charge in [-0.2, -0.15) is 0 Å². The highest BCUT2D eigenvalue weighted by Crippen LogP contribution is 2.20. The first-order valence-electron chi connectivity index (χ1n) is 8.08. The number of carboxylic acid groups (broad SMARTS) is 1. The molecule has 25 heavy (non-hydrogen) atoms. The molecule has 2 atom stereocenters. The van der Waals surface area contributed by atoms with E-state index in [1.54, 1.807) is 49.5 Å². The lowest BCUT2D eigenvalue weighted by Gasteiger charge is -2.25. The molecule has 1 aromatic heterocycles. The largest absolute Gasteiger partial charge is 0.479 e. The van der Waals surface area contributed by atoms with Crippen molar-refractivity contribution in [2.75, 3.05) is 0 Å². The Balaban J connectivity index is 2.34. The third kappa shape index (κ3) is 4.35. The highest BCUT2D eigenvalue weighted by molar-refractivity contribution is 5.86. The van der Waals surface area contributed by atoms with Crippen molar-refractivity contribution in [1.29, 1.82) is 0 Å². The summed E-state index contributed by atoms with van der Waals surface area (Å²) in [5.41, 5.74) is 0.986. The molecule has 6 heteroatoms. The number of carbonyl (C=O) groups is 2. The number of hydrogen-bond donors (Lipinski definition) is 2. The van der Waals surface area contributed by atoms with E-state index < -0.39 is 24.0 Å². The summed E-state index contributed by atoms with van der Waals surface area (Å²) in [7, 11) is 0. The van der Waals surface area contributed by atoms with Crippen LogP contribution in [0, 0.1) is 12.8 Å². The Morgan fingerprint density at radius 3 is 2.28 bits per heavy atom. The van der Waals surface area contributed by atoms with Gasteiger partial charge in [-0.25, -0.2) is 4.79 Å². The maximum absolute atomic E-state index is 12.8. The molecule has 0 spiro atoms. The lowest BCUT2D eigenvalue weighted by Crippen LogP contribution is -2.43. The van der Waals surface area contributed by atoms with E-state index in [0.29, 0.717) is 5.56 Å². The number of aromatic nitrogens is 1. The molecule has 0 radical (unpaired) electrons. The Bertz CT molecular complexity index is 812. The molecule has 1 aromatic carbocycles. The van der Waals surface area contributed by atoms with E-state index in [-0.39, 0.29) is 11.5 Å². The van der Waals surface area contributed by atoms with Gasteiger partial charge in [0.2, 0.25) is 5.91 Å². The predicted molar refractivity (Wildman–Crippen MR) is 94.3 cm³/mol. The average molecular weight is 342 g/mol. The van der Waals surface area contributed by atoms with Crippen LogP contribution in [0.25, 0.3) is 0 Å². The fourth-order valence-corrected chi connectivity index (χ4v) is 2.73. The first-order chi connectivity index (χ1) is 11.8. The van der Waals surface area contributed by atoms with Crippen molar-refractivity contribution in [3.8, 4) is 0 Å². The minimum absolute atomic E-state index is 0.189. The second-order valence-electron chi connectivity index (χ2n) is 6.33. The first-order valence-corrected chi connectivity index (χ1v) is 8.08. The molecule has 1 amide bonds. The Morgan fingerprint density at radius 2 is 1.76 bits per heavy atom. The minimum atomic E-state index is -1.17. The quantitative estimate of drug-likeness (QED) is 0.843. The van der Waals surface area contributed by atoms with Gasteiger partial charge in [-0.3, -0.25) is 9.59 Å². The second kappa shape index (κ2) is 7.79. The van der Waals surface area contributed by atoms with E-state index >= 15 is 0 Å². The second-order valence-corrected chi connectivity index (χ2v) is 6.33. The van der Waals surface area contributed by atoms with Gasteiger partial charge in [-0.15, -0.1) is 0 Å². The van der Waals surface area contributed by atoms with E-state index in [1.807, 2.05) is 13.8 Å². The van der Waals surface area contributed by atoms with Crippen LogP contribution in [0.3, 0.4) is 0 Å². The van der Waals surface area contributed by atoms with Crippen molar-refractivity contribution in [3.63, 3.8) is 0 Å². The van der Waals surface area contributed by atoms with Crippen molar-refractivity contribution >= 4 is 11.9 Å². The monoisotopic (exact) mass is 342 g/mol. The highest BCUT2D eigenvalue weighted by atomic mass is 16.4. The number of aryl methyl sites for hydroxylation is 1. The summed E-state index contributed by atoms with van der Waals surface area (Å²) < 4.78 is 1.34. The van der Waals surface area contributed by atoms with Crippen LogP contribution in [-0.4, -0.2) is 21.6 Å². The van der Waals surface area contributed by atoms with Gasteiger partial charge in [0.25, 0.3) is 5.56 Å². The van der Waals surface area contributed by atoms with Gasteiger partial charge in [-0.1, -0.05) is 44.2 Å². The number of benzene rings is 1. The number of nitrogens with one attached hydrogen (secondary N) is 1. The number of pyridine rings is 1. The molecule has 0 aliphatic carbocycles. The lowest BCUT2D eigenvalue weighted by atomic mass is 10.0. The molecule has 6 nitrogen and oxygen atoms in total. The maximum Gasteiger partial charge on any atom is 0.330 e. The molecular weight excluding hydrogens is 320 g/mol. The number of hydrogen-bond acceptors (Lipinski definition) is 3. The fourth-order valence-electron chi connectivity index (χ4n) is 2.73. The van der Waals surface area contributed by atoms with Crippen LogP contribution in [0.1, 0.15) is 37.1 Å². The molecule has 0 aliphatic heterocycles. The summed E-state index contributed by atoms with van der Waals surface area (Å²) in [5, 5.41) is 12.0. The van der Waals surface area contributed by atoms with Gasteiger partial charge in [-0.05, 0) is 30.0 Å². The SMILES string of the molecule is Cc1ccn(C(C(=O)NC(C(=O)O)c2ccccc2)C(C)C)c(=O)c1. The Labute approximate surface area is 146 Å². The normalized spacial score (nSPS) is 13.3. The zero-order chi connectivity index (χ0) is 18.6. The summed E-state index contributed by atoms with van der Waals surface area (Å²) in [6.45, 7) is 5.43. The van der Waals surface area contributed by atoms with Crippen molar-refractivity contribution in [2.24, 2.45) is 5.92 Å². The zero-order valence-electron chi connectivity index (χ0n) is 14.5. The zero-order valence-corrected chi connectivity index (χ0v) is 14.5. The van der Waals surface area contributed by atoms with Crippen molar-refractivity contribution in [2.45, 2.75) is 32.9 Å². The molecule has 0 fully saturated rings. The van der Waals surface area contributed by atoms with E-state index in [1.165, 1.54) is 10.6 Å². The molecular formula is C19H22N2O4. The van der Waals surface area contributed by atoms with Gasteiger partial charge in [0.05, 0.1) is 0 Å². The Kier molecular flexibility index (Phi) is 5.75. The first kappa shape index (κ1) is 18.4. The fraction of sp³-hybridized carbons (Fsp3) is 0.316. The van der Waals surface area contributed by atoms with Gasteiger partial charge < -0.3 is 15.0 Å². The van der Waals surface area contributed by atoms with Gasteiger partial charge in [0.15, 0.2) is 6.04 Å². The van der Waals surface area contributed by atoms with Gasteiger partial charge in [0.1, 0.15) is 6.04 Å². The molecule has 2 rings (SSSR count). The summed E-state index contributed by atoms with van der Waals surface area (Å²) >= 11 is 0. The number of carbonyl (C=O) groups excluding carboxylic acids is 1. The van der Waals surface area contributed by atoms with Gasteiger partial charge in [0, 0.05) is 12.3 Å². The van der Waals surface area contributed by atoms with Crippen LogP contribution in [0.2, 0.25) is 0 Å². The van der Waals surface area contributed by atoms with Crippen molar-refractivity contribution < 1.29 is 14.7 Å². The molecule has 1 heterocycles. The predicted octanol–water partition coefficient (Wildman–Crippen LogP) is 2.30. The Hall–Kier alpha value is -2.89. The highest BCUT2D eigenvalue weighted by Gasteiger charge is 2.29. The molecule has 2 unspecified atom stereocenters.